The standard InChI is InChI=1S/C23H28N4O3/c1-15-12-21-24-18(14-22(28)27(21)26-15)13-20(16-6-4-3-5-7-16)25-23(29)17-8-10-19(30-2)11-9-17/h3-7,12,14,17,19-20,26H,8-11,13H2,1-2H3,(H,25,29). The van der Waals surface area contributed by atoms with Gasteiger partial charge in [0.15, 0.2) is 5.65 Å². The summed E-state index contributed by atoms with van der Waals surface area (Å²) in [6, 6.07) is 13.0. The molecule has 1 aliphatic rings. The molecule has 0 saturated heterocycles. The molecule has 1 amide bonds. The normalized spacial score (nSPS) is 20.2. The quantitative estimate of drug-likeness (QED) is 0.656. The monoisotopic (exact) mass is 408 g/mol. The van der Waals surface area contributed by atoms with Gasteiger partial charge in [0.2, 0.25) is 5.91 Å². The molecular formula is C23H28N4O3. The molecule has 2 N–H and O–H groups in total. The minimum absolute atomic E-state index is 0.00370. The van der Waals surface area contributed by atoms with Crippen molar-refractivity contribution < 1.29 is 9.53 Å². The number of nitrogens with one attached hydrogen (secondary N) is 2. The van der Waals surface area contributed by atoms with Gasteiger partial charge in [0.1, 0.15) is 0 Å². The molecule has 1 unspecified atom stereocenters. The van der Waals surface area contributed by atoms with Crippen molar-refractivity contribution in [1.29, 1.82) is 0 Å². The van der Waals surface area contributed by atoms with Gasteiger partial charge in [-0.05, 0) is 38.2 Å². The van der Waals surface area contributed by atoms with Crippen LogP contribution in [0, 0.1) is 12.8 Å². The summed E-state index contributed by atoms with van der Waals surface area (Å²) >= 11 is 0. The van der Waals surface area contributed by atoms with Crippen molar-refractivity contribution in [3.8, 4) is 0 Å². The number of nitrogens with zero attached hydrogens (tertiary/aromatic N) is 2. The maximum atomic E-state index is 13.0. The van der Waals surface area contributed by atoms with Crippen LogP contribution >= 0.6 is 0 Å². The fourth-order valence-electron chi connectivity index (χ4n) is 4.26. The molecule has 1 aliphatic carbocycles. The number of aromatic nitrogens is 3. The number of carbonyl (C=O) groups excluding carboxylic acids is 1. The average Bonchev–Trinajstić information content (AvgIpc) is 3.14. The lowest BCUT2D eigenvalue weighted by atomic mass is 9.86. The lowest BCUT2D eigenvalue weighted by Gasteiger charge is -2.28. The molecule has 1 saturated carbocycles. The van der Waals surface area contributed by atoms with Gasteiger partial charge in [-0.15, -0.1) is 0 Å². The van der Waals surface area contributed by atoms with Crippen LogP contribution in [0.25, 0.3) is 5.65 Å². The summed E-state index contributed by atoms with van der Waals surface area (Å²) in [5.41, 5.74) is 2.97. The Bertz CT molecular complexity index is 1060. The Kier molecular flexibility index (Phi) is 5.99. The molecule has 0 spiro atoms. The van der Waals surface area contributed by atoms with E-state index in [2.05, 4.69) is 15.4 Å². The van der Waals surface area contributed by atoms with Gasteiger partial charge in [0, 0.05) is 37.3 Å². The Balaban J connectivity index is 1.55. The number of fused-ring (bicyclic) bond motifs is 1. The van der Waals surface area contributed by atoms with Crippen molar-refractivity contribution in [3.63, 3.8) is 0 Å². The van der Waals surface area contributed by atoms with Crippen LogP contribution in [-0.2, 0) is 16.0 Å². The minimum atomic E-state index is -0.242. The molecule has 1 atom stereocenters. The highest BCUT2D eigenvalue weighted by Crippen LogP contribution is 2.27. The minimum Gasteiger partial charge on any atom is -0.381 e. The highest BCUT2D eigenvalue weighted by atomic mass is 16.5. The maximum absolute atomic E-state index is 13.0. The molecule has 2 heterocycles. The molecule has 158 valence electrons. The van der Waals surface area contributed by atoms with Crippen LogP contribution in [0.5, 0.6) is 0 Å². The first-order valence-corrected chi connectivity index (χ1v) is 10.5. The highest BCUT2D eigenvalue weighted by Gasteiger charge is 2.28. The second-order valence-corrected chi connectivity index (χ2v) is 8.10. The van der Waals surface area contributed by atoms with E-state index in [1.165, 1.54) is 10.6 Å². The average molecular weight is 409 g/mol. The predicted molar refractivity (Wildman–Crippen MR) is 114 cm³/mol. The number of H-pyrrole nitrogens is 1. The zero-order valence-electron chi connectivity index (χ0n) is 17.4. The molecular weight excluding hydrogens is 380 g/mol. The Morgan fingerprint density at radius 3 is 2.67 bits per heavy atom. The molecule has 0 radical (unpaired) electrons. The molecule has 7 nitrogen and oxygen atoms in total. The number of benzene rings is 1. The van der Waals surface area contributed by atoms with Gasteiger partial charge >= 0.3 is 0 Å². The third kappa shape index (κ3) is 4.46. The van der Waals surface area contributed by atoms with Crippen molar-refractivity contribution in [2.45, 2.75) is 51.2 Å². The van der Waals surface area contributed by atoms with E-state index >= 15 is 0 Å². The number of aromatic amines is 1. The molecule has 2 aromatic heterocycles. The number of ether oxygens (including phenoxy) is 1. The van der Waals surface area contributed by atoms with E-state index in [-0.39, 0.29) is 29.5 Å². The van der Waals surface area contributed by atoms with E-state index in [1.807, 2.05) is 43.3 Å². The lowest BCUT2D eigenvalue weighted by Crippen LogP contribution is -2.37. The Hall–Kier alpha value is -2.93. The maximum Gasteiger partial charge on any atom is 0.272 e. The third-order valence-electron chi connectivity index (χ3n) is 5.94. The van der Waals surface area contributed by atoms with Crippen molar-refractivity contribution in [1.82, 2.24) is 19.9 Å². The molecule has 4 rings (SSSR count). The number of aryl methyl sites for hydroxylation is 1. The van der Waals surface area contributed by atoms with Crippen molar-refractivity contribution in [3.05, 3.63) is 69.8 Å². The molecule has 1 fully saturated rings. The number of hydrogen-bond donors (Lipinski definition) is 2. The number of amides is 1. The van der Waals surface area contributed by atoms with Gasteiger partial charge in [0.05, 0.1) is 17.8 Å². The first-order valence-electron chi connectivity index (χ1n) is 10.5. The van der Waals surface area contributed by atoms with E-state index in [9.17, 15) is 9.59 Å². The molecule has 0 bridgehead atoms. The number of methoxy groups -OCH3 is 1. The van der Waals surface area contributed by atoms with Gasteiger partial charge < -0.3 is 10.1 Å². The molecule has 30 heavy (non-hydrogen) atoms. The molecule has 7 heteroatoms. The van der Waals surface area contributed by atoms with Crippen molar-refractivity contribution >= 4 is 11.6 Å². The van der Waals surface area contributed by atoms with E-state index in [0.29, 0.717) is 17.8 Å². The van der Waals surface area contributed by atoms with Crippen molar-refractivity contribution in [2.24, 2.45) is 5.92 Å². The summed E-state index contributed by atoms with van der Waals surface area (Å²) in [5, 5.41) is 6.20. The summed E-state index contributed by atoms with van der Waals surface area (Å²) in [6.07, 6.45) is 4.20. The van der Waals surface area contributed by atoms with E-state index in [0.717, 1.165) is 36.9 Å². The smallest absolute Gasteiger partial charge is 0.272 e. The summed E-state index contributed by atoms with van der Waals surface area (Å²) in [5.74, 6) is 0.0599. The fraction of sp³-hybridized carbons (Fsp3) is 0.435. The summed E-state index contributed by atoms with van der Waals surface area (Å²) < 4.78 is 6.86. The molecule has 0 aliphatic heterocycles. The van der Waals surface area contributed by atoms with Gasteiger partial charge in [-0.1, -0.05) is 30.3 Å². The van der Waals surface area contributed by atoms with Crippen LogP contribution in [0.2, 0.25) is 0 Å². The Morgan fingerprint density at radius 1 is 1.23 bits per heavy atom. The van der Waals surface area contributed by atoms with Gasteiger partial charge in [0.25, 0.3) is 5.56 Å². The Morgan fingerprint density at radius 2 is 1.97 bits per heavy atom. The first-order chi connectivity index (χ1) is 14.5. The van der Waals surface area contributed by atoms with Gasteiger partial charge in [-0.25, -0.2) is 9.50 Å². The molecule has 3 aromatic rings. The predicted octanol–water partition coefficient (Wildman–Crippen LogP) is 2.94. The second kappa shape index (κ2) is 8.83. The number of carbonyl (C=O) groups is 1. The zero-order chi connectivity index (χ0) is 21.1. The third-order valence-corrected chi connectivity index (χ3v) is 5.94. The first kappa shape index (κ1) is 20.3. The summed E-state index contributed by atoms with van der Waals surface area (Å²) in [4.78, 5) is 30.1. The molecule has 1 aromatic carbocycles. The van der Waals surface area contributed by atoms with Crippen LogP contribution in [-0.4, -0.2) is 33.7 Å². The number of hydrogen-bond acceptors (Lipinski definition) is 4. The topological polar surface area (TPSA) is 88.5 Å². The van der Waals surface area contributed by atoms with Gasteiger partial charge in [-0.3, -0.25) is 14.7 Å². The highest BCUT2D eigenvalue weighted by molar-refractivity contribution is 5.79. The Labute approximate surface area is 175 Å². The van der Waals surface area contributed by atoms with Gasteiger partial charge in [-0.2, -0.15) is 0 Å². The van der Waals surface area contributed by atoms with Crippen LogP contribution in [0.15, 0.2) is 47.3 Å². The largest absolute Gasteiger partial charge is 0.381 e. The van der Waals surface area contributed by atoms with Crippen LogP contribution in [0.3, 0.4) is 0 Å². The van der Waals surface area contributed by atoms with E-state index < -0.39 is 0 Å². The zero-order valence-corrected chi connectivity index (χ0v) is 17.4. The van der Waals surface area contributed by atoms with Crippen LogP contribution in [0.1, 0.15) is 48.7 Å². The fourth-order valence-corrected chi connectivity index (χ4v) is 4.26. The second-order valence-electron chi connectivity index (χ2n) is 8.10. The van der Waals surface area contributed by atoms with Crippen LogP contribution < -0.4 is 10.9 Å². The number of rotatable bonds is 6. The van der Waals surface area contributed by atoms with E-state index in [1.54, 1.807) is 7.11 Å². The lowest BCUT2D eigenvalue weighted by molar-refractivity contribution is -0.127. The van der Waals surface area contributed by atoms with Crippen molar-refractivity contribution in [2.75, 3.05) is 7.11 Å². The summed E-state index contributed by atoms with van der Waals surface area (Å²) in [6.45, 7) is 1.89. The van der Waals surface area contributed by atoms with Crippen LogP contribution in [0.4, 0.5) is 0 Å². The van der Waals surface area contributed by atoms with E-state index in [4.69, 9.17) is 4.74 Å². The SMILES string of the molecule is COC1CCC(C(=O)NC(Cc2cc(=O)n3[nH]c(C)cc3n2)c2ccccc2)CC1. The summed E-state index contributed by atoms with van der Waals surface area (Å²) in [7, 11) is 1.73.